The molecule has 3 heterocycles. The molecule has 0 saturated carbocycles. The van der Waals surface area contributed by atoms with E-state index < -0.39 is 0 Å². The molecule has 2 N–H and O–H groups in total. The summed E-state index contributed by atoms with van der Waals surface area (Å²) < 4.78 is 12.9. The Morgan fingerprint density at radius 1 is 1.07 bits per heavy atom. The quantitative estimate of drug-likeness (QED) is 0.701. The Morgan fingerprint density at radius 2 is 1.76 bits per heavy atom. The maximum atomic E-state index is 6.24. The number of hydrogen-bond acceptors (Lipinski definition) is 8. The van der Waals surface area contributed by atoms with Gasteiger partial charge in [-0.1, -0.05) is 0 Å². The number of aromatic nitrogens is 5. The van der Waals surface area contributed by atoms with E-state index in [9.17, 15) is 0 Å². The monoisotopic (exact) mass is 397 g/mol. The van der Waals surface area contributed by atoms with E-state index in [4.69, 9.17) is 20.2 Å². The second-order valence-electron chi connectivity index (χ2n) is 7.58. The van der Waals surface area contributed by atoms with E-state index in [-0.39, 0.29) is 0 Å². The van der Waals surface area contributed by atoms with Gasteiger partial charge >= 0.3 is 0 Å². The molecule has 1 aliphatic rings. The predicted octanol–water partition coefficient (Wildman–Crippen LogP) is 2.79. The third-order valence-electron chi connectivity index (χ3n) is 5.52. The molecule has 4 rings (SSSR count). The van der Waals surface area contributed by atoms with E-state index in [2.05, 4.69) is 38.5 Å². The fraction of sp³-hybridized carbons (Fsp3) is 0.500. The standard InChI is InChI=1S/C20H27N7O2/c1-12(2)27-11-22-25-19(27)13-5-7-26(8-6-13)20-23-15-10-17(29-4)16(28-3)9-14(15)18(21)24-20/h9-13H,5-8H2,1-4H3,(H2,21,23,24). The van der Waals surface area contributed by atoms with Crippen molar-refractivity contribution in [3.05, 3.63) is 24.3 Å². The lowest BCUT2D eigenvalue weighted by Gasteiger charge is -2.32. The third kappa shape index (κ3) is 3.52. The molecule has 0 aliphatic carbocycles. The first kappa shape index (κ1) is 19.2. The van der Waals surface area contributed by atoms with Crippen LogP contribution in [0, 0.1) is 0 Å². The Hall–Kier alpha value is -3.10. The molecule has 0 amide bonds. The van der Waals surface area contributed by atoms with Crippen molar-refractivity contribution in [1.82, 2.24) is 24.7 Å². The van der Waals surface area contributed by atoms with Gasteiger partial charge in [-0.15, -0.1) is 10.2 Å². The summed E-state index contributed by atoms with van der Waals surface area (Å²) in [6.07, 6.45) is 3.76. The minimum absolute atomic E-state index is 0.355. The number of nitrogens with zero attached hydrogens (tertiary/aromatic N) is 6. The Morgan fingerprint density at radius 3 is 2.41 bits per heavy atom. The van der Waals surface area contributed by atoms with Gasteiger partial charge in [-0.3, -0.25) is 0 Å². The van der Waals surface area contributed by atoms with Crippen molar-refractivity contribution >= 4 is 22.7 Å². The van der Waals surface area contributed by atoms with Crippen LogP contribution in [0.4, 0.5) is 11.8 Å². The van der Waals surface area contributed by atoms with Gasteiger partial charge in [-0.2, -0.15) is 4.98 Å². The summed E-state index contributed by atoms with van der Waals surface area (Å²) in [4.78, 5) is 11.5. The molecule has 2 aromatic heterocycles. The molecule has 1 aliphatic heterocycles. The van der Waals surface area contributed by atoms with E-state index >= 15 is 0 Å². The molecule has 0 unspecified atom stereocenters. The van der Waals surface area contributed by atoms with E-state index in [0.717, 1.165) is 42.7 Å². The largest absolute Gasteiger partial charge is 0.493 e. The van der Waals surface area contributed by atoms with Crippen LogP contribution in [0.1, 0.15) is 44.5 Å². The smallest absolute Gasteiger partial charge is 0.227 e. The predicted molar refractivity (Wildman–Crippen MR) is 112 cm³/mol. The molecule has 1 saturated heterocycles. The van der Waals surface area contributed by atoms with Crippen LogP contribution in [0.15, 0.2) is 18.5 Å². The zero-order valence-electron chi connectivity index (χ0n) is 17.3. The molecular formula is C20H27N7O2. The summed E-state index contributed by atoms with van der Waals surface area (Å²) in [7, 11) is 3.20. The van der Waals surface area contributed by atoms with Crippen molar-refractivity contribution in [1.29, 1.82) is 0 Å². The zero-order chi connectivity index (χ0) is 20.5. The number of nitrogen functional groups attached to an aromatic ring is 1. The second-order valence-corrected chi connectivity index (χ2v) is 7.58. The van der Waals surface area contributed by atoms with E-state index in [0.29, 0.717) is 35.2 Å². The lowest BCUT2D eigenvalue weighted by atomic mass is 9.96. The fourth-order valence-corrected chi connectivity index (χ4v) is 3.89. The highest BCUT2D eigenvalue weighted by Gasteiger charge is 2.27. The van der Waals surface area contributed by atoms with Crippen molar-refractivity contribution in [2.75, 3.05) is 37.9 Å². The first-order chi connectivity index (χ1) is 14.0. The third-order valence-corrected chi connectivity index (χ3v) is 5.52. The molecule has 1 aromatic carbocycles. The van der Waals surface area contributed by atoms with E-state index in [1.54, 1.807) is 14.2 Å². The van der Waals surface area contributed by atoms with Gasteiger partial charge in [0, 0.05) is 36.5 Å². The van der Waals surface area contributed by atoms with Crippen LogP contribution >= 0.6 is 0 Å². The van der Waals surface area contributed by atoms with Gasteiger partial charge in [-0.05, 0) is 32.8 Å². The number of anilines is 2. The van der Waals surface area contributed by atoms with Crippen LogP contribution in [-0.2, 0) is 0 Å². The summed E-state index contributed by atoms with van der Waals surface area (Å²) in [5.41, 5.74) is 6.98. The van der Waals surface area contributed by atoms with Gasteiger partial charge in [-0.25, -0.2) is 4.98 Å². The van der Waals surface area contributed by atoms with Crippen LogP contribution in [0.3, 0.4) is 0 Å². The number of nitrogens with two attached hydrogens (primary N) is 1. The highest BCUT2D eigenvalue weighted by molar-refractivity contribution is 5.91. The van der Waals surface area contributed by atoms with Gasteiger partial charge in [0.25, 0.3) is 0 Å². The highest BCUT2D eigenvalue weighted by Crippen LogP contribution is 2.35. The van der Waals surface area contributed by atoms with Crippen LogP contribution in [0.5, 0.6) is 11.5 Å². The summed E-state index contributed by atoms with van der Waals surface area (Å²) in [5.74, 6) is 3.77. The van der Waals surface area contributed by atoms with Gasteiger partial charge in [0.05, 0.1) is 19.7 Å². The Labute approximate surface area is 169 Å². The molecule has 154 valence electrons. The van der Waals surface area contributed by atoms with Crippen LogP contribution in [0.25, 0.3) is 10.9 Å². The van der Waals surface area contributed by atoms with Crippen molar-refractivity contribution in [3.63, 3.8) is 0 Å². The molecule has 1 fully saturated rings. The zero-order valence-corrected chi connectivity index (χ0v) is 17.3. The summed E-state index contributed by atoms with van der Waals surface area (Å²) >= 11 is 0. The molecule has 9 nitrogen and oxygen atoms in total. The topological polar surface area (TPSA) is 104 Å². The summed E-state index contributed by atoms with van der Waals surface area (Å²) in [5, 5.41) is 9.23. The minimum atomic E-state index is 0.355. The normalized spacial score (nSPS) is 15.3. The average Bonchev–Trinajstić information content (AvgIpc) is 3.23. The number of rotatable bonds is 5. The molecule has 9 heteroatoms. The molecule has 0 spiro atoms. The number of piperidine rings is 1. The Bertz CT molecular complexity index is 1010. The molecule has 0 radical (unpaired) electrons. The molecule has 29 heavy (non-hydrogen) atoms. The average molecular weight is 397 g/mol. The number of ether oxygens (including phenoxy) is 2. The van der Waals surface area contributed by atoms with Crippen molar-refractivity contribution in [2.24, 2.45) is 0 Å². The summed E-state index contributed by atoms with van der Waals surface area (Å²) in [6, 6.07) is 4.01. The van der Waals surface area contributed by atoms with E-state index in [1.807, 2.05) is 18.5 Å². The Balaban J connectivity index is 1.57. The highest BCUT2D eigenvalue weighted by atomic mass is 16.5. The van der Waals surface area contributed by atoms with Gasteiger partial charge < -0.3 is 24.7 Å². The van der Waals surface area contributed by atoms with Gasteiger partial charge in [0.15, 0.2) is 11.5 Å². The SMILES string of the molecule is COc1cc2nc(N3CCC(c4nncn4C(C)C)CC3)nc(N)c2cc1OC. The number of hydrogen-bond donors (Lipinski definition) is 1. The molecule has 3 aromatic rings. The minimum Gasteiger partial charge on any atom is -0.493 e. The van der Waals surface area contributed by atoms with E-state index in [1.165, 1.54) is 0 Å². The molecular weight excluding hydrogens is 370 g/mol. The maximum absolute atomic E-state index is 6.24. The van der Waals surface area contributed by atoms with Gasteiger partial charge in [0.2, 0.25) is 5.95 Å². The first-order valence-electron chi connectivity index (χ1n) is 9.85. The van der Waals surface area contributed by atoms with Gasteiger partial charge in [0.1, 0.15) is 18.0 Å². The van der Waals surface area contributed by atoms with Crippen LogP contribution < -0.4 is 20.1 Å². The molecule has 0 atom stereocenters. The fourth-order valence-electron chi connectivity index (χ4n) is 3.89. The van der Waals surface area contributed by atoms with Crippen LogP contribution in [0.2, 0.25) is 0 Å². The van der Waals surface area contributed by atoms with Crippen LogP contribution in [-0.4, -0.2) is 52.0 Å². The van der Waals surface area contributed by atoms with Crippen molar-refractivity contribution in [2.45, 2.75) is 38.6 Å². The number of benzene rings is 1. The first-order valence-corrected chi connectivity index (χ1v) is 9.85. The molecule has 0 bridgehead atoms. The number of methoxy groups -OCH3 is 2. The lowest BCUT2D eigenvalue weighted by Crippen LogP contribution is -2.35. The van der Waals surface area contributed by atoms with Crippen molar-refractivity contribution in [3.8, 4) is 11.5 Å². The van der Waals surface area contributed by atoms with Crippen molar-refractivity contribution < 1.29 is 9.47 Å². The lowest BCUT2D eigenvalue weighted by molar-refractivity contribution is 0.356. The Kier molecular flexibility index (Phi) is 5.12. The second kappa shape index (κ2) is 7.73. The maximum Gasteiger partial charge on any atom is 0.227 e. The number of fused-ring (bicyclic) bond motifs is 1. The summed E-state index contributed by atoms with van der Waals surface area (Å²) in [6.45, 7) is 5.98.